The van der Waals surface area contributed by atoms with Crippen molar-refractivity contribution in [2.24, 2.45) is 0 Å². The fourth-order valence-corrected chi connectivity index (χ4v) is 1.52. The molecule has 7 heteroatoms. The maximum atomic E-state index is 9.02. The van der Waals surface area contributed by atoms with Crippen LogP contribution < -0.4 is 5.32 Å². The SMILES string of the molecule is CCNCc1cnc(-n2cnc(C#N)c2C#N)nc1. The molecule has 2 aromatic rings. The summed E-state index contributed by atoms with van der Waals surface area (Å²) < 4.78 is 1.40. The van der Waals surface area contributed by atoms with Gasteiger partial charge >= 0.3 is 0 Å². The van der Waals surface area contributed by atoms with E-state index in [9.17, 15) is 0 Å². The van der Waals surface area contributed by atoms with Crippen molar-refractivity contribution in [1.29, 1.82) is 10.5 Å². The third-order valence-electron chi connectivity index (χ3n) is 2.47. The van der Waals surface area contributed by atoms with Gasteiger partial charge in [0.1, 0.15) is 18.5 Å². The van der Waals surface area contributed by atoms with Gasteiger partial charge in [0.2, 0.25) is 5.95 Å². The van der Waals surface area contributed by atoms with Crippen molar-refractivity contribution in [3.05, 3.63) is 35.7 Å². The minimum atomic E-state index is 0.0721. The topological polar surface area (TPSA) is 103 Å². The lowest BCUT2D eigenvalue weighted by Gasteiger charge is -2.04. The molecule has 2 rings (SSSR count). The Morgan fingerprint density at radius 1 is 1.21 bits per heavy atom. The van der Waals surface area contributed by atoms with Crippen LogP contribution in [0.2, 0.25) is 0 Å². The van der Waals surface area contributed by atoms with Gasteiger partial charge in [-0.1, -0.05) is 6.92 Å². The predicted molar refractivity (Wildman–Crippen MR) is 66.0 cm³/mol. The van der Waals surface area contributed by atoms with Crippen LogP contribution in [0.25, 0.3) is 5.95 Å². The zero-order valence-electron chi connectivity index (χ0n) is 10.3. The summed E-state index contributed by atoms with van der Waals surface area (Å²) in [6, 6.07) is 3.78. The van der Waals surface area contributed by atoms with E-state index in [-0.39, 0.29) is 11.4 Å². The summed E-state index contributed by atoms with van der Waals surface area (Å²) in [6.07, 6.45) is 4.73. The van der Waals surface area contributed by atoms with Gasteiger partial charge in [-0.2, -0.15) is 10.5 Å². The second-order valence-corrected chi connectivity index (χ2v) is 3.71. The number of nitrogens with zero attached hydrogens (tertiary/aromatic N) is 6. The van der Waals surface area contributed by atoms with Gasteiger partial charge in [0.05, 0.1) is 0 Å². The monoisotopic (exact) mass is 253 g/mol. The van der Waals surface area contributed by atoms with E-state index in [1.807, 2.05) is 19.1 Å². The molecule has 0 aliphatic heterocycles. The van der Waals surface area contributed by atoms with Crippen molar-refractivity contribution in [2.75, 3.05) is 6.54 Å². The standard InChI is InChI=1S/C12H11N7/c1-2-15-5-9-6-16-12(17-7-9)19-8-18-10(3-13)11(19)4-14/h6-8,15H,2,5H2,1H3. The highest BCUT2D eigenvalue weighted by Crippen LogP contribution is 2.10. The largest absolute Gasteiger partial charge is 0.313 e. The highest BCUT2D eigenvalue weighted by atomic mass is 15.2. The van der Waals surface area contributed by atoms with E-state index >= 15 is 0 Å². The first-order valence-corrected chi connectivity index (χ1v) is 5.69. The average Bonchev–Trinajstić information content (AvgIpc) is 2.88. The summed E-state index contributed by atoms with van der Waals surface area (Å²) in [6.45, 7) is 3.58. The van der Waals surface area contributed by atoms with Gasteiger partial charge in [-0.25, -0.2) is 15.0 Å². The molecule has 1 N–H and O–H groups in total. The average molecular weight is 253 g/mol. The van der Waals surface area contributed by atoms with Gasteiger partial charge in [-0.15, -0.1) is 0 Å². The van der Waals surface area contributed by atoms with E-state index in [2.05, 4.69) is 20.3 Å². The summed E-state index contributed by atoms with van der Waals surface area (Å²) in [7, 11) is 0. The van der Waals surface area contributed by atoms with Crippen molar-refractivity contribution in [1.82, 2.24) is 24.8 Å². The molecule has 0 aromatic carbocycles. The maximum absolute atomic E-state index is 9.02. The Hall–Kier alpha value is -2.77. The summed E-state index contributed by atoms with van der Waals surface area (Å²) in [5.41, 5.74) is 1.16. The Morgan fingerprint density at radius 3 is 2.53 bits per heavy atom. The van der Waals surface area contributed by atoms with Crippen molar-refractivity contribution < 1.29 is 0 Å². The van der Waals surface area contributed by atoms with E-state index < -0.39 is 0 Å². The Bertz CT molecular complexity index is 642. The molecule has 0 bridgehead atoms. The summed E-state index contributed by atoms with van der Waals surface area (Å²) >= 11 is 0. The third kappa shape index (κ3) is 2.57. The highest BCUT2D eigenvalue weighted by molar-refractivity contribution is 5.39. The van der Waals surface area contributed by atoms with Crippen LogP contribution in [0.15, 0.2) is 18.7 Å². The van der Waals surface area contributed by atoms with E-state index in [0.29, 0.717) is 12.5 Å². The molecular weight excluding hydrogens is 242 g/mol. The molecule has 0 aliphatic carbocycles. The van der Waals surface area contributed by atoms with Crippen molar-refractivity contribution in [3.63, 3.8) is 0 Å². The molecule has 94 valence electrons. The summed E-state index contributed by atoms with van der Waals surface area (Å²) in [4.78, 5) is 12.2. The number of nitriles is 2. The Labute approximate surface area is 110 Å². The quantitative estimate of drug-likeness (QED) is 0.851. The fourth-order valence-electron chi connectivity index (χ4n) is 1.52. The number of nitrogens with one attached hydrogen (secondary N) is 1. The smallest absolute Gasteiger partial charge is 0.235 e. The van der Waals surface area contributed by atoms with Crippen LogP contribution in [0.3, 0.4) is 0 Å². The Balaban J connectivity index is 2.31. The fraction of sp³-hybridized carbons (Fsp3) is 0.250. The van der Waals surface area contributed by atoms with Crippen LogP contribution >= 0.6 is 0 Å². The molecule has 0 fully saturated rings. The molecule has 0 unspecified atom stereocenters. The molecule has 0 spiro atoms. The van der Waals surface area contributed by atoms with Crippen LogP contribution in [0.5, 0.6) is 0 Å². The normalized spacial score (nSPS) is 9.84. The molecule has 2 aromatic heterocycles. The van der Waals surface area contributed by atoms with Gasteiger partial charge in [-0.3, -0.25) is 4.57 Å². The summed E-state index contributed by atoms with van der Waals surface area (Å²) in [5, 5.41) is 21.0. The van der Waals surface area contributed by atoms with Crippen LogP contribution in [0, 0.1) is 22.7 Å². The number of hydrogen-bond donors (Lipinski definition) is 1. The van der Waals surface area contributed by atoms with Crippen LogP contribution in [-0.2, 0) is 6.54 Å². The molecule has 0 aliphatic rings. The Kier molecular flexibility index (Phi) is 3.81. The molecule has 0 amide bonds. The molecule has 19 heavy (non-hydrogen) atoms. The van der Waals surface area contributed by atoms with Crippen molar-refractivity contribution >= 4 is 0 Å². The van der Waals surface area contributed by atoms with Crippen LogP contribution in [0.1, 0.15) is 23.9 Å². The van der Waals surface area contributed by atoms with Crippen LogP contribution in [-0.4, -0.2) is 26.1 Å². The third-order valence-corrected chi connectivity index (χ3v) is 2.47. The zero-order valence-corrected chi connectivity index (χ0v) is 10.3. The van der Waals surface area contributed by atoms with Gasteiger partial charge in [-0.05, 0) is 6.54 Å². The molecular formula is C12H11N7. The first kappa shape index (κ1) is 12.7. The summed E-state index contributed by atoms with van der Waals surface area (Å²) in [5.74, 6) is 0.325. The van der Waals surface area contributed by atoms with Gasteiger partial charge < -0.3 is 5.32 Å². The second kappa shape index (κ2) is 5.71. The minimum Gasteiger partial charge on any atom is -0.313 e. The molecule has 7 nitrogen and oxygen atoms in total. The van der Waals surface area contributed by atoms with E-state index in [1.165, 1.54) is 10.9 Å². The molecule has 0 atom stereocenters. The number of rotatable bonds is 4. The molecule has 0 saturated heterocycles. The van der Waals surface area contributed by atoms with Crippen molar-refractivity contribution in [2.45, 2.75) is 13.5 Å². The van der Waals surface area contributed by atoms with Gasteiger partial charge in [0.15, 0.2) is 11.4 Å². The lowest BCUT2D eigenvalue weighted by Crippen LogP contribution is -2.12. The molecule has 0 saturated carbocycles. The number of aromatic nitrogens is 4. The predicted octanol–water partition coefficient (Wildman–Crippen LogP) is 0.515. The minimum absolute atomic E-state index is 0.0721. The molecule has 2 heterocycles. The number of hydrogen-bond acceptors (Lipinski definition) is 6. The maximum Gasteiger partial charge on any atom is 0.235 e. The van der Waals surface area contributed by atoms with E-state index in [4.69, 9.17) is 10.5 Å². The van der Waals surface area contributed by atoms with E-state index in [1.54, 1.807) is 12.4 Å². The first-order valence-electron chi connectivity index (χ1n) is 5.69. The first-order chi connectivity index (χ1) is 9.30. The lowest BCUT2D eigenvalue weighted by atomic mass is 10.3. The highest BCUT2D eigenvalue weighted by Gasteiger charge is 2.12. The second-order valence-electron chi connectivity index (χ2n) is 3.71. The van der Waals surface area contributed by atoms with E-state index in [0.717, 1.165) is 12.1 Å². The molecule has 0 radical (unpaired) electrons. The number of imidazole rings is 1. The lowest BCUT2D eigenvalue weighted by molar-refractivity contribution is 0.719. The van der Waals surface area contributed by atoms with Crippen molar-refractivity contribution in [3.8, 4) is 18.1 Å². The van der Waals surface area contributed by atoms with Crippen LogP contribution in [0.4, 0.5) is 0 Å². The van der Waals surface area contributed by atoms with Gasteiger partial charge in [0, 0.05) is 24.5 Å². The Morgan fingerprint density at radius 2 is 1.95 bits per heavy atom. The van der Waals surface area contributed by atoms with Gasteiger partial charge in [0.25, 0.3) is 0 Å². The zero-order chi connectivity index (χ0) is 13.7.